The summed E-state index contributed by atoms with van der Waals surface area (Å²) in [5.41, 5.74) is 0.726. The second kappa shape index (κ2) is 6.58. The van der Waals surface area contributed by atoms with Crippen LogP contribution in [0.4, 0.5) is 5.69 Å². The first-order valence-corrected chi connectivity index (χ1v) is 9.76. The van der Waals surface area contributed by atoms with Crippen molar-refractivity contribution in [3.63, 3.8) is 0 Å². The highest BCUT2D eigenvalue weighted by Gasteiger charge is 2.40. The van der Waals surface area contributed by atoms with E-state index in [2.05, 4.69) is 5.32 Å². The van der Waals surface area contributed by atoms with Crippen LogP contribution >= 0.6 is 0 Å². The monoisotopic (exact) mass is 388 g/mol. The number of fused-ring (bicyclic) bond motifs is 2. The Balaban J connectivity index is 1.35. The van der Waals surface area contributed by atoms with Crippen LogP contribution in [-0.2, 0) is 14.8 Å². The van der Waals surface area contributed by atoms with Crippen LogP contribution in [0.25, 0.3) is 0 Å². The minimum Gasteiger partial charge on any atom is -0.454 e. The van der Waals surface area contributed by atoms with Crippen LogP contribution in [0.15, 0.2) is 47.4 Å². The molecule has 2 aliphatic rings. The number of hydrogen-bond acceptors (Lipinski definition) is 6. The van der Waals surface area contributed by atoms with Crippen LogP contribution in [0, 0.1) is 0 Å². The molecule has 9 heteroatoms. The van der Waals surface area contributed by atoms with E-state index in [1.54, 1.807) is 30.3 Å². The van der Waals surface area contributed by atoms with Crippen molar-refractivity contribution in [3.05, 3.63) is 48.0 Å². The molecule has 0 unspecified atom stereocenters. The van der Waals surface area contributed by atoms with Gasteiger partial charge in [0.25, 0.3) is 15.9 Å². The number of anilines is 1. The molecule has 0 saturated heterocycles. The number of rotatable bonds is 5. The molecule has 4 rings (SSSR count). The fourth-order valence-electron chi connectivity index (χ4n) is 3.03. The lowest BCUT2D eigenvalue weighted by Crippen LogP contribution is -2.31. The third-order valence-corrected chi connectivity index (χ3v) is 6.17. The molecule has 140 valence electrons. The second-order valence-corrected chi connectivity index (χ2v) is 7.93. The second-order valence-electron chi connectivity index (χ2n) is 6.10. The predicted octanol–water partition coefficient (Wildman–Crippen LogP) is 1.98. The van der Waals surface area contributed by atoms with E-state index in [4.69, 9.17) is 9.47 Å². The maximum atomic E-state index is 12.4. The maximum absolute atomic E-state index is 12.4. The first-order chi connectivity index (χ1) is 13.0. The molecule has 0 aromatic heterocycles. The molecule has 1 N–H and O–H groups in total. The lowest BCUT2D eigenvalue weighted by Gasteiger charge is -2.14. The highest BCUT2D eigenvalue weighted by atomic mass is 32.2. The molecule has 0 aliphatic carbocycles. The van der Waals surface area contributed by atoms with Crippen LogP contribution in [-0.4, -0.2) is 37.9 Å². The Morgan fingerprint density at radius 2 is 1.89 bits per heavy atom. The first-order valence-electron chi connectivity index (χ1n) is 8.32. The van der Waals surface area contributed by atoms with Gasteiger partial charge in [0.1, 0.15) is 4.90 Å². The topological polar surface area (TPSA) is 102 Å². The summed E-state index contributed by atoms with van der Waals surface area (Å²) in [6.07, 6.45) is 0.291. The van der Waals surface area contributed by atoms with Crippen LogP contribution in [0.5, 0.6) is 11.5 Å². The largest absolute Gasteiger partial charge is 0.454 e. The van der Waals surface area contributed by atoms with E-state index in [1.807, 2.05) is 0 Å². The average Bonchev–Trinajstić information content (AvgIpc) is 3.18. The summed E-state index contributed by atoms with van der Waals surface area (Å²) in [5, 5.41) is 2.72. The van der Waals surface area contributed by atoms with Crippen molar-refractivity contribution in [2.75, 3.05) is 18.7 Å². The van der Waals surface area contributed by atoms with Gasteiger partial charge in [-0.2, -0.15) is 0 Å². The summed E-state index contributed by atoms with van der Waals surface area (Å²) < 4.78 is 36.2. The molecule has 2 aromatic carbocycles. The van der Waals surface area contributed by atoms with Crippen molar-refractivity contribution in [3.8, 4) is 11.5 Å². The summed E-state index contributed by atoms with van der Waals surface area (Å²) in [4.78, 5) is 24.4. The zero-order valence-electron chi connectivity index (χ0n) is 14.2. The fourth-order valence-corrected chi connectivity index (χ4v) is 4.64. The third-order valence-electron chi connectivity index (χ3n) is 4.33. The van der Waals surface area contributed by atoms with Gasteiger partial charge in [-0.05, 0) is 30.7 Å². The number of hydrogen-bond donors (Lipinski definition) is 1. The lowest BCUT2D eigenvalue weighted by molar-refractivity contribution is -0.116. The Hall–Kier alpha value is -3.07. The lowest BCUT2D eigenvalue weighted by atomic mass is 10.2. The fraction of sp³-hybridized carbons (Fsp3) is 0.222. The number of carbonyl (C=O) groups is 2. The van der Waals surface area contributed by atoms with Crippen molar-refractivity contribution in [1.82, 2.24) is 4.31 Å². The summed E-state index contributed by atoms with van der Waals surface area (Å²) in [6.45, 7) is 0.0951. The molecule has 0 spiro atoms. The van der Waals surface area contributed by atoms with Crippen molar-refractivity contribution in [2.24, 2.45) is 0 Å². The normalized spacial score (nSPS) is 16.3. The predicted molar refractivity (Wildman–Crippen MR) is 95.1 cm³/mol. The van der Waals surface area contributed by atoms with Crippen LogP contribution in [0.2, 0.25) is 0 Å². The zero-order valence-corrected chi connectivity index (χ0v) is 15.0. The minimum absolute atomic E-state index is 0.0137. The van der Waals surface area contributed by atoms with Crippen LogP contribution in [0.3, 0.4) is 0 Å². The molecule has 0 saturated carbocycles. The smallest absolute Gasteiger partial charge is 0.269 e. The summed E-state index contributed by atoms with van der Waals surface area (Å²) in [5.74, 6) is 0.335. The highest BCUT2D eigenvalue weighted by molar-refractivity contribution is 7.90. The van der Waals surface area contributed by atoms with E-state index in [1.165, 1.54) is 12.1 Å². The summed E-state index contributed by atoms with van der Waals surface area (Å²) >= 11 is 0. The van der Waals surface area contributed by atoms with Crippen molar-refractivity contribution in [2.45, 2.75) is 17.7 Å². The van der Waals surface area contributed by atoms with E-state index >= 15 is 0 Å². The highest BCUT2D eigenvalue weighted by Crippen LogP contribution is 2.34. The first kappa shape index (κ1) is 17.3. The number of ether oxygens (including phenoxy) is 2. The van der Waals surface area contributed by atoms with Gasteiger partial charge in [-0.3, -0.25) is 9.59 Å². The number of amides is 2. The Morgan fingerprint density at radius 3 is 2.70 bits per heavy atom. The van der Waals surface area contributed by atoms with E-state index in [0.29, 0.717) is 17.2 Å². The molecule has 27 heavy (non-hydrogen) atoms. The van der Waals surface area contributed by atoms with Gasteiger partial charge in [0.2, 0.25) is 12.7 Å². The Bertz CT molecular complexity index is 1030. The number of benzene rings is 2. The number of nitrogens with one attached hydrogen (secondary N) is 1. The van der Waals surface area contributed by atoms with Gasteiger partial charge in [0, 0.05) is 24.7 Å². The molecular formula is C18H16N2O6S. The van der Waals surface area contributed by atoms with Gasteiger partial charge in [-0.1, -0.05) is 12.1 Å². The molecule has 0 atom stereocenters. The van der Waals surface area contributed by atoms with Crippen LogP contribution < -0.4 is 14.8 Å². The van der Waals surface area contributed by atoms with Gasteiger partial charge in [-0.25, -0.2) is 12.7 Å². The standard InChI is InChI=1S/C18H16N2O6S/c21-17(19-12-7-8-14-15(10-12)26-11-25-14)6-3-9-20-18(22)13-4-1-2-5-16(13)27(20,23)24/h1-2,4-5,7-8,10H,3,6,9,11H2,(H,19,21). The average molecular weight is 388 g/mol. The maximum Gasteiger partial charge on any atom is 0.269 e. The van der Waals surface area contributed by atoms with Crippen molar-refractivity contribution < 1.29 is 27.5 Å². The molecular weight excluding hydrogens is 372 g/mol. The Kier molecular flexibility index (Phi) is 4.23. The molecule has 2 aliphatic heterocycles. The summed E-state index contributed by atoms with van der Waals surface area (Å²) in [7, 11) is -3.84. The molecule has 0 bridgehead atoms. The van der Waals surface area contributed by atoms with E-state index < -0.39 is 15.9 Å². The molecule has 2 amide bonds. The zero-order chi connectivity index (χ0) is 19.0. The number of carbonyl (C=O) groups excluding carboxylic acids is 2. The summed E-state index contributed by atoms with van der Waals surface area (Å²) in [6, 6.07) is 11.1. The Morgan fingerprint density at radius 1 is 1.11 bits per heavy atom. The van der Waals surface area contributed by atoms with Gasteiger partial charge in [0.15, 0.2) is 11.5 Å². The van der Waals surface area contributed by atoms with Crippen molar-refractivity contribution in [1.29, 1.82) is 0 Å². The van der Waals surface area contributed by atoms with Crippen LogP contribution in [0.1, 0.15) is 23.2 Å². The number of nitrogens with zero attached hydrogens (tertiary/aromatic N) is 1. The quantitative estimate of drug-likeness (QED) is 0.840. The minimum atomic E-state index is -3.84. The molecule has 2 heterocycles. The molecule has 0 radical (unpaired) electrons. The van der Waals surface area contributed by atoms with Gasteiger partial charge >= 0.3 is 0 Å². The molecule has 0 fully saturated rings. The van der Waals surface area contributed by atoms with Crippen molar-refractivity contribution >= 4 is 27.5 Å². The van der Waals surface area contributed by atoms with Gasteiger partial charge in [-0.15, -0.1) is 0 Å². The van der Waals surface area contributed by atoms with E-state index in [0.717, 1.165) is 4.31 Å². The van der Waals surface area contributed by atoms with E-state index in [-0.39, 0.29) is 42.5 Å². The third kappa shape index (κ3) is 3.10. The van der Waals surface area contributed by atoms with E-state index in [9.17, 15) is 18.0 Å². The van der Waals surface area contributed by atoms with Gasteiger partial charge in [0.05, 0.1) is 5.56 Å². The molecule has 8 nitrogen and oxygen atoms in total. The molecule has 2 aromatic rings. The number of sulfonamides is 1. The SMILES string of the molecule is O=C(CCCN1C(=O)c2ccccc2S1(=O)=O)Nc1ccc2c(c1)OCO2. The Labute approximate surface area is 155 Å². The van der Waals surface area contributed by atoms with Gasteiger partial charge < -0.3 is 14.8 Å².